The first-order valence-corrected chi connectivity index (χ1v) is 14.0. The van der Waals surface area contributed by atoms with E-state index in [4.69, 9.17) is 40.9 Å². The molecule has 0 bridgehead atoms. The van der Waals surface area contributed by atoms with Crippen molar-refractivity contribution in [2.45, 2.75) is 139 Å². The van der Waals surface area contributed by atoms with Gasteiger partial charge in [0.25, 0.3) is 0 Å². The Hall–Kier alpha value is -0.970. The molecule has 228 valence electrons. The van der Waals surface area contributed by atoms with E-state index in [1.165, 1.54) is 13.8 Å². The van der Waals surface area contributed by atoms with Gasteiger partial charge in [-0.25, -0.2) is 0 Å². The summed E-state index contributed by atoms with van der Waals surface area (Å²) >= 11 is 0. The van der Waals surface area contributed by atoms with E-state index in [9.17, 15) is 20.4 Å². The van der Waals surface area contributed by atoms with Crippen molar-refractivity contribution in [2.75, 3.05) is 13.2 Å². The van der Waals surface area contributed by atoms with Crippen LogP contribution in [0.25, 0.3) is 0 Å². The molecule has 2 aliphatic heterocycles. The first-order chi connectivity index (χ1) is 18.2. The lowest BCUT2D eigenvalue weighted by Gasteiger charge is -2.49. The first-order valence-electron chi connectivity index (χ1n) is 14.0. The average Bonchev–Trinajstić information content (AvgIpc) is 2.85. The van der Waals surface area contributed by atoms with E-state index in [0.717, 1.165) is 19.3 Å². The molecule has 0 aromatic heterocycles. The van der Waals surface area contributed by atoms with Gasteiger partial charge in [-0.1, -0.05) is 6.92 Å². The molecule has 2 heterocycles. The summed E-state index contributed by atoms with van der Waals surface area (Å²) in [5, 5.41) is 63.4. The molecule has 6 unspecified atom stereocenters. The van der Waals surface area contributed by atoms with Crippen LogP contribution in [-0.2, 0) is 18.9 Å². The van der Waals surface area contributed by atoms with E-state index in [0.29, 0.717) is 12.8 Å². The van der Waals surface area contributed by atoms with Crippen molar-refractivity contribution in [2.24, 2.45) is 17.4 Å². The Bertz CT molecular complexity index is 798. The van der Waals surface area contributed by atoms with Gasteiger partial charge >= 0.3 is 0 Å². The second kappa shape index (κ2) is 13.3. The highest BCUT2D eigenvalue weighted by Gasteiger charge is 2.51. The van der Waals surface area contributed by atoms with Crippen LogP contribution in [0, 0.1) is 11.3 Å². The van der Waals surface area contributed by atoms with Gasteiger partial charge in [0, 0.05) is 18.6 Å². The lowest BCUT2D eigenvalue weighted by molar-refractivity contribution is -0.313. The maximum atomic E-state index is 11.5. The van der Waals surface area contributed by atoms with Crippen molar-refractivity contribution in [3.05, 3.63) is 0 Å². The van der Waals surface area contributed by atoms with Crippen LogP contribution in [-0.4, -0.2) is 117 Å². The summed E-state index contributed by atoms with van der Waals surface area (Å²) in [5.74, 6) is -0.770. The fourth-order valence-electron chi connectivity index (χ4n) is 5.32. The van der Waals surface area contributed by atoms with Crippen LogP contribution in [0.2, 0.25) is 0 Å². The summed E-state index contributed by atoms with van der Waals surface area (Å²) in [6, 6.07) is -1.85. The quantitative estimate of drug-likeness (QED) is 0.0856. The number of ether oxygens (including phenoxy) is 4. The average molecular weight is 563 g/mol. The van der Waals surface area contributed by atoms with Gasteiger partial charge in [0.2, 0.25) is 0 Å². The van der Waals surface area contributed by atoms with E-state index in [1.54, 1.807) is 13.8 Å². The van der Waals surface area contributed by atoms with Crippen LogP contribution in [0.1, 0.15) is 66.2 Å². The number of hydrogen-bond donors (Lipinski definition) is 9. The molecule has 3 rings (SSSR count). The molecule has 11 N–H and O–H groups in total. The number of rotatable bonds is 10. The lowest BCUT2D eigenvalue weighted by Crippen LogP contribution is -2.68. The van der Waals surface area contributed by atoms with Gasteiger partial charge in [0.15, 0.2) is 12.6 Å². The highest BCUT2D eigenvalue weighted by molar-refractivity contribution is 5.86. The van der Waals surface area contributed by atoms with Crippen LogP contribution in [0.5, 0.6) is 0 Å². The van der Waals surface area contributed by atoms with Crippen LogP contribution in [0.4, 0.5) is 0 Å². The molecule has 39 heavy (non-hydrogen) atoms. The highest BCUT2D eigenvalue weighted by atomic mass is 16.7. The molecule has 2 saturated heterocycles. The van der Waals surface area contributed by atoms with E-state index in [-0.39, 0.29) is 31.6 Å². The largest absolute Gasteiger partial charge is 0.396 e. The van der Waals surface area contributed by atoms with Crippen LogP contribution < -0.4 is 16.8 Å². The molecule has 13 heteroatoms. The van der Waals surface area contributed by atoms with Crippen molar-refractivity contribution >= 4 is 5.84 Å². The molecule has 0 amide bonds. The van der Waals surface area contributed by atoms with Crippen molar-refractivity contribution in [1.29, 1.82) is 5.41 Å². The number of aliphatic hydroxyl groups is 5. The molecule has 1 aliphatic carbocycles. The summed E-state index contributed by atoms with van der Waals surface area (Å²) in [5.41, 5.74) is 10.0. The van der Waals surface area contributed by atoms with Crippen LogP contribution in [0.3, 0.4) is 0 Å². The number of amidine groups is 1. The van der Waals surface area contributed by atoms with Gasteiger partial charge in [-0.15, -0.1) is 0 Å². The number of aliphatic hydroxyl groups excluding tert-OH is 3. The summed E-state index contributed by atoms with van der Waals surface area (Å²) in [4.78, 5) is 0. The van der Waals surface area contributed by atoms with Crippen molar-refractivity contribution in [1.82, 2.24) is 5.32 Å². The van der Waals surface area contributed by atoms with Gasteiger partial charge in [0.1, 0.15) is 35.9 Å². The summed E-state index contributed by atoms with van der Waals surface area (Å²) in [6.07, 6.45) is -2.74. The smallest absolute Gasteiger partial charge is 0.184 e. The van der Waals surface area contributed by atoms with Crippen LogP contribution in [0.15, 0.2) is 0 Å². The molecule has 3 fully saturated rings. The summed E-state index contributed by atoms with van der Waals surface area (Å²) in [7, 11) is 0. The Labute approximate surface area is 230 Å². The van der Waals surface area contributed by atoms with Gasteiger partial charge in [-0.3, -0.25) is 5.41 Å². The third-order valence-electron chi connectivity index (χ3n) is 8.29. The van der Waals surface area contributed by atoms with E-state index < -0.39 is 72.2 Å². The normalized spacial score (nSPS) is 43.7. The fourth-order valence-corrected chi connectivity index (χ4v) is 5.32. The molecule has 0 radical (unpaired) electrons. The van der Waals surface area contributed by atoms with Crippen molar-refractivity contribution in [3.8, 4) is 0 Å². The number of hydrogen-bond acceptors (Lipinski definition) is 12. The van der Waals surface area contributed by atoms with Crippen molar-refractivity contribution in [3.63, 3.8) is 0 Å². The van der Waals surface area contributed by atoms with E-state index in [2.05, 4.69) is 5.32 Å². The molecule has 3 aliphatic rings. The summed E-state index contributed by atoms with van der Waals surface area (Å²) in [6.45, 7) is 6.19. The van der Waals surface area contributed by atoms with E-state index in [1.807, 2.05) is 0 Å². The Morgan fingerprint density at radius 1 is 1.08 bits per heavy atom. The van der Waals surface area contributed by atoms with Gasteiger partial charge in [0.05, 0.1) is 30.4 Å². The third-order valence-corrected chi connectivity index (χ3v) is 8.29. The minimum Gasteiger partial charge on any atom is -0.396 e. The molecule has 0 aromatic carbocycles. The lowest BCUT2D eigenvalue weighted by atomic mass is 9.82. The molecule has 0 spiro atoms. The monoisotopic (exact) mass is 562 g/mol. The third kappa shape index (κ3) is 8.07. The highest BCUT2D eigenvalue weighted by Crippen LogP contribution is 2.34. The number of nitrogens with two attached hydrogens (primary N) is 2. The predicted octanol–water partition coefficient (Wildman–Crippen LogP) is -1.35. The van der Waals surface area contributed by atoms with Crippen LogP contribution >= 0.6 is 0 Å². The number of unbranched alkanes of at least 4 members (excludes halogenated alkanes) is 1. The predicted molar refractivity (Wildman–Crippen MR) is 142 cm³/mol. The topological polar surface area (TPSA) is 226 Å². The fraction of sp³-hybridized carbons (Fsp3) is 0.962. The van der Waals surface area contributed by atoms with Gasteiger partial charge in [-0.05, 0) is 59.3 Å². The second-order valence-electron chi connectivity index (χ2n) is 12.2. The number of nitrogens with one attached hydrogen (secondary N) is 2. The Kier molecular flexibility index (Phi) is 11.1. The zero-order valence-electron chi connectivity index (χ0n) is 23.5. The molecule has 1 saturated carbocycles. The zero-order chi connectivity index (χ0) is 29.1. The second-order valence-corrected chi connectivity index (χ2v) is 12.2. The SMILES string of the molecule is C[C@@H]1C(O)[C@@H](OC2C(O)C(O[C@H]3O[C@H](CCCCO)CCC3N)[C@@H](N)C[C@H]2NC(=N)C(C)(C)O)OCC1(C)O. The molecule has 13 nitrogen and oxygen atoms in total. The zero-order valence-corrected chi connectivity index (χ0v) is 23.5. The summed E-state index contributed by atoms with van der Waals surface area (Å²) < 4.78 is 24.1. The Morgan fingerprint density at radius 2 is 1.74 bits per heavy atom. The van der Waals surface area contributed by atoms with E-state index >= 15 is 0 Å². The molecular weight excluding hydrogens is 512 g/mol. The Balaban J connectivity index is 1.77. The Morgan fingerprint density at radius 3 is 2.38 bits per heavy atom. The molecular formula is C26H50N4O9. The maximum Gasteiger partial charge on any atom is 0.184 e. The van der Waals surface area contributed by atoms with Gasteiger partial charge < -0.3 is 61.3 Å². The molecule has 0 aromatic rings. The minimum atomic E-state index is -1.48. The van der Waals surface area contributed by atoms with Gasteiger partial charge in [-0.2, -0.15) is 0 Å². The minimum absolute atomic E-state index is 0.0851. The van der Waals surface area contributed by atoms with Crippen molar-refractivity contribution < 1.29 is 44.5 Å². The standard InChI is InChI=1S/C26H50N4O9/c1-13-18(32)23(36-12-26(13,4)35)39-21-17(30-24(29)25(2,3)34)11-16(28)20(19(21)33)38-22-15(27)9-8-14(37-22)7-5-6-10-31/h13-23,31-35H,5-12,27-28H2,1-4H3,(H2,29,30)/t13-,14-,15?,16+,17-,18?,19?,20?,21?,22-,23-,26?/m1/s1. The molecule has 12 atom stereocenters. The first kappa shape index (κ1) is 32.5. The maximum absolute atomic E-state index is 11.5.